The van der Waals surface area contributed by atoms with Crippen LogP contribution in [0.4, 0.5) is 17.5 Å². The van der Waals surface area contributed by atoms with Crippen LogP contribution in [0.1, 0.15) is 20.8 Å². The van der Waals surface area contributed by atoms with Crippen molar-refractivity contribution >= 4 is 28.2 Å². The number of anilines is 3. The average Bonchev–Trinajstić information content (AvgIpc) is 2.67. The van der Waals surface area contributed by atoms with E-state index in [4.69, 9.17) is 9.84 Å². The van der Waals surface area contributed by atoms with Gasteiger partial charge in [0, 0.05) is 30.5 Å². The molecule has 3 rings (SSSR count). The molecule has 0 aromatic carbocycles. The fourth-order valence-corrected chi connectivity index (χ4v) is 2.96. The van der Waals surface area contributed by atoms with Gasteiger partial charge in [0.25, 0.3) is 5.56 Å². The summed E-state index contributed by atoms with van der Waals surface area (Å²) in [7, 11) is 0. The standard InChI is InChI=1S/C21H27N5O4/c1-21(2,3)25-19-18-14(5-7-26(8-9-27)20(18)29)12-17(24-19)23-16-13-15(4-6-22-16)30-11-10-28/h4-7,12-13,27-28H,8-11H2,1-3H3,(H2,22,23,24,25). The molecule has 9 nitrogen and oxygen atoms in total. The van der Waals surface area contributed by atoms with Gasteiger partial charge in [-0.1, -0.05) is 0 Å². The molecular formula is C21H27N5O4. The predicted molar refractivity (Wildman–Crippen MR) is 117 cm³/mol. The molecule has 160 valence electrons. The SMILES string of the molecule is CC(C)(C)Nc1nc(Nc2cc(OCCO)ccn2)cc2ccn(CCO)c(=O)c12. The summed E-state index contributed by atoms with van der Waals surface area (Å²) >= 11 is 0. The summed E-state index contributed by atoms with van der Waals surface area (Å²) in [5, 5.41) is 25.8. The van der Waals surface area contributed by atoms with E-state index in [2.05, 4.69) is 20.6 Å². The number of nitrogens with zero attached hydrogens (tertiary/aromatic N) is 3. The van der Waals surface area contributed by atoms with Crippen LogP contribution in [0, 0.1) is 0 Å². The van der Waals surface area contributed by atoms with Gasteiger partial charge in [0.15, 0.2) is 0 Å². The first-order valence-corrected chi connectivity index (χ1v) is 9.71. The number of rotatable bonds is 8. The molecule has 3 heterocycles. The fraction of sp³-hybridized carbons (Fsp3) is 0.381. The molecule has 0 spiro atoms. The van der Waals surface area contributed by atoms with Crippen molar-refractivity contribution in [2.75, 3.05) is 30.5 Å². The van der Waals surface area contributed by atoms with Crippen LogP contribution < -0.4 is 20.9 Å². The summed E-state index contributed by atoms with van der Waals surface area (Å²) in [5.74, 6) is 2.06. The highest BCUT2D eigenvalue weighted by atomic mass is 16.5. The molecule has 0 aliphatic heterocycles. The molecule has 0 atom stereocenters. The van der Waals surface area contributed by atoms with Crippen molar-refractivity contribution in [3.05, 3.63) is 47.0 Å². The zero-order valence-corrected chi connectivity index (χ0v) is 17.3. The molecule has 4 N–H and O–H groups in total. The zero-order chi connectivity index (χ0) is 21.7. The highest BCUT2D eigenvalue weighted by molar-refractivity contribution is 5.93. The average molecular weight is 413 g/mol. The Morgan fingerprint density at radius 2 is 1.93 bits per heavy atom. The maximum Gasteiger partial charge on any atom is 0.262 e. The van der Waals surface area contributed by atoms with E-state index in [0.717, 1.165) is 0 Å². The van der Waals surface area contributed by atoms with Gasteiger partial charge in [-0.3, -0.25) is 4.79 Å². The van der Waals surface area contributed by atoms with Crippen LogP contribution in [-0.4, -0.2) is 50.1 Å². The second-order valence-corrected chi connectivity index (χ2v) is 7.81. The van der Waals surface area contributed by atoms with Crippen molar-refractivity contribution in [2.45, 2.75) is 32.9 Å². The summed E-state index contributed by atoms with van der Waals surface area (Å²) in [6, 6.07) is 7.00. The molecule has 3 aromatic rings. The molecule has 0 amide bonds. The quantitative estimate of drug-likeness (QED) is 0.443. The van der Waals surface area contributed by atoms with Crippen LogP contribution in [0.3, 0.4) is 0 Å². The largest absolute Gasteiger partial charge is 0.491 e. The van der Waals surface area contributed by atoms with Crippen LogP contribution in [0.5, 0.6) is 5.75 Å². The predicted octanol–water partition coefficient (Wildman–Crippen LogP) is 2.11. The van der Waals surface area contributed by atoms with E-state index in [1.807, 2.05) is 26.8 Å². The van der Waals surface area contributed by atoms with E-state index >= 15 is 0 Å². The summed E-state index contributed by atoms with van der Waals surface area (Å²) < 4.78 is 6.88. The van der Waals surface area contributed by atoms with Gasteiger partial charge >= 0.3 is 0 Å². The van der Waals surface area contributed by atoms with E-state index < -0.39 is 0 Å². The molecule has 0 unspecified atom stereocenters. The number of hydrogen-bond donors (Lipinski definition) is 4. The van der Waals surface area contributed by atoms with Crippen LogP contribution in [0.2, 0.25) is 0 Å². The molecule has 30 heavy (non-hydrogen) atoms. The smallest absolute Gasteiger partial charge is 0.262 e. The maximum absolute atomic E-state index is 12.9. The molecule has 0 aliphatic rings. The number of hydrogen-bond acceptors (Lipinski definition) is 8. The van der Waals surface area contributed by atoms with Crippen LogP contribution >= 0.6 is 0 Å². The minimum absolute atomic E-state index is 0.0764. The van der Waals surface area contributed by atoms with Gasteiger partial charge in [-0.15, -0.1) is 0 Å². The van der Waals surface area contributed by atoms with Gasteiger partial charge in [-0.05, 0) is 44.4 Å². The minimum atomic E-state index is -0.320. The van der Waals surface area contributed by atoms with Gasteiger partial charge in [-0.25, -0.2) is 9.97 Å². The monoisotopic (exact) mass is 413 g/mol. The third-order valence-corrected chi connectivity index (χ3v) is 4.14. The second-order valence-electron chi connectivity index (χ2n) is 7.81. The lowest BCUT2D eigenvalue weighted by atomic mass is 10.1. The third-order valence-electron chi connectivity index (χ3n) is 4.14. The summed E-state index contributed by atoms with van der Waals surface area (Å²) in [6.45, 7) is 6.16. The highest BCUT2D eigenvalue weighted by Crippen LogP contribution is 2.26. The normalized spacial score (nSPS) is 11.5. The van der Waals surface area contributed by atoms with E-state index in [9.17, 15) is 9.90 Å². The van der Waals surface area contributed by atoms with Gasteiger partial charge in [0.1, 0.15) is 29.8 Å². The number of pyridine rings is 3. The van der Waals surface area contributed by atoms with Gasteiger partial charge < -0.3 is 30.2 Å². The summed E-state index contributed by atoms with van der Waals surface area (Å²) in [4.78, 5) is 21.8. The molecule has 0 radical (unpaired) electrons. The highest BCUT2D eigenvalue weighted by Gasteiger charge is 2.17. The van der Waals surface area contributed by atoms with E-state index in [-0.39, 0.29) is 37.5 Å². The first-order valence-electron chi connectivity index (χ1n) is 9.71. The zero-order valence-electron chi connectivity index (χ0n) is 17.3. The Morgan fingerprint density at radius 3 is 2.63 bits per heavy atom. The lowest BCUT2D eigenvalue weighted by Crippen LogP contribution is -2.29. The van der Waals surface area contributed by atoms with Crippen molar-refractivity contribution in [3.63, 3.8) is 0 Å². The molecule has 9 heteroatoms. The molecular weight excluding hydrogens is 386 g/mol. The molecule has 0 bridgehead atoms. The van der Waals surface area contributed by atoms with Crippen molar-refractivity contribution < 1.29 is 14.9 Å². The molecule has 0 saturated carbocycles. The Morgan fingerprint density at radius 1 is 1.13 bits per heavy atom. The molecule has 0 saturated heterocycles. The number of fused-ring (bicyclic) bond motifs is 1. The van der Waals surface area contributed by atoms with E-state index in [1.165, 1.54) is 4.57 Å². The topological polar surface area (TPSA) is 122 Å². The minimum Gasteiger partial charge on any atom is -0.491 e. The first-order chi connectivity index (χ1) is 14.3. The Labute approximate surface area is 174 Å². The maximum atomic E-state index is 12.9. The van der Waals surface area contributed by atoms with Crippen molar-refractivity contribution in [1.82, 2.24) is 14.5 Å². The van der Waals surface area contributed by atoms with Crippen molar-refractivity contribution in [3.8, 4) is 5.75 Å². The van der Waals surface area contributed by atoms with E-state index in [0.29, 0.717) is 34.0 Å². The number of aliphatic hydroxyl groups excluding tert-OH is 2. The Hall–Kier alpha value is -3.17. The second kappa shape index (κ2) is 9.10. The van der Waals surface area contributed by atoms with Crippen LogP contribution in [-0.2, 0) is 6.54 Å². The summed E-state index contributed by atoms with van der Waals surface area (Å²) in [5.41, 5.74) is -0.538. The molecule has 0 fully saturated rings. The Balaban J connectivity index is 2.04. The molecule has 3 aromatic heterocycles. The summed E-state index contributed by atoms with van der Waals surface area (Å²) in [6.07, 6.45) is 3.26. The Bertz CT molecular complexity index is 1080. The van der Waals surface area contributed by atoms with Crippen molar-refractivity contribution in [1.29, 1.82) is 0 Å². The fourth-order valence-electron chi connectivity index (χ4n) is 2.96. The van der Waals surface area contributed by atoms with Gasteiger partial charge in [0.2, 0.25) is 0 Å². The van der Waals surface area contributed by atoms with Crippen molar-refractivity contribution in [2.24, 2.45) is 0 Å². The van der Waals surface area contributed by atoms with Crippen LogP contribution in [0.15, 0.2) is 41.5 Å². The third kappa shape index (κ3) is 5.25. The van der Waals surface area contributed by atoms with Gasteiger partial charge in [0.05, 0.1) is 18.6 Å². The number of aromatic nitrogens is 3. The lowest BCUT2D eigenvalue weighted by molar-refractivity contribution is 0.201. The van der Waals surface area contributed by atoms with Crippen LogP contribution in [0.25, 0.3) is 10.8 Å². The number of aliphatic hydroxyl groups is 2. The Kier molecular flexibility index (Phi) is 6.53. The van der Waals surface area contributed by atoms with E-state index in [1.54, 1.807) is 30.6 Å². The number of nitrogens with one attached hydrogen (secondary N) is 2. The first kappa shape index (κ1) is 21.5. The lowest BCUT2D eigenvalue weighted by Gasteiger charge is -2.23. The van der Waals surface area contributed by atoms with Gasteiger partial charge in [-0.2, -0.15) is 0 Å². The number of ether oxygens (including phenoxy) is 1. The molecule has 0 aliphatic carbocycles.